The van der Waals surface area contributed by atoms with Crippen molar-refractivity contribution in [2.24, 2.45) is 5.92 Å². The number of nitrogens with zero attached hydrogens (tertiary/aromatic N) is 3. The lowest BCUT2D eigenvalue weighted by Gasteiger charge is -2.30. The number of anilines is 1. The Bertz CT molecular complexity index is 845. The van der Waals surface area contributed by atoms with Gasteiger partial charge in [0.2, 0.25) is 5.91 Å². The number of hydrogen-bond acceptors (Lipinski definition) is 5. The van der Waals surface area contributed by atoms with E-state index in [-0.39, 0.29) is 24.4 Å². The van der Waals surface area contributed by atoms with Crippen molar-refractivity contribution < 1.29 is 13.2 Å². The molecule has 142 valence electrons. The zero-order chi connectivity index (χ0) is 18.7. The highest BCUT2D eigenvalue weighted by Gasteiger charge is 2.34. The Morgan fingerprint density at radius 3 is 2.96 bits per heavy atom. The van der Waals surface area contributed by atoms with E-state index in [0.717, 1.165) is 6.42 Å². The first-order chi connectivity index (χ1) is 12.4. The van der Waals surface area contributed by atoms with Crippen molar-refractivity contribution in [1.82, 2.24) is 14.1 Å². The van der Waals surface area contributed by atoms with E-state index in [0.29, 0.717) is 29.4 Å². The highest BCUT2D eigenvalue weighted by atomic mass is 32.2. The minimum Gasteiger partial charge on any atom is -0.311 e. The van der Waals surface area contributed by atoms with Crippen LogP contribution in [-0.4, -0.2) is 41.5 Å². The first-order valence-corrected chi connectivity index (χ1v) is 11.1. The van der Waals surface area contributed by atoms with Crippen LogP contribution in [0.3, 0.4) is 0 Å². The number of carbonyl (C=O) groups excluding carboxylic acids is 1. The molecule has 1 fully saturated rings. The predicted octanol–water partition coefficient (Wildman–Crippen LogP) is 2.96. The summed E-state index contributed by atoms with van der Waals surface area (Å²) in [7, 11) is -3.52. The van der Waals surface area contributed by atoms with Crippen LogP contribution in [0, 0.1) is 5.92 Å². The van der Waals surface area contributed by atoms with Gasteiger partial charge in [-0.2, -0.15) is 9.40 Å². The zero-order valence-electron chi connectivity index (χ0n) is 15.0. The number of aromatic nitrogens is 2. The Morgan fingerprint density at radius 1 is 1.46 bits per heavy atom. The van der Waals surface area contributed by atoms with Gasteiger partial charge in [-0.15, -0.1) is 11.3 Å². The average Bonchev–Trinajstić information content (AvgIpc) is 3.33. The maximum atomic E-state index is 12.7. The smallest absolute Gasteiger partial charge is 0.252 e. The van der Waals surface area contributed by atoms with Crippen molar-refractivity contribution in [2.45, 2.75) is 43.4 Å². The highest BCUT2D eigenvalue weighted by molar-refractivity contribution is 7.91. The van der Waals surface area contributed by atoms with E-state index in [4.69, 9.17) is 0 Å². The van der Waals surface area contributed by atoms with Gasteiger partial charge >= 0.3 is 0 Å². The SMILES string of the molecule is CCC(C)n1nccc1NC(=O)C1CCCN(S(=O)(=O)c2cccs2)C1. The third-order valence-corrected chi connectivity index (χ3v) is 8.01. The van der Waals surface area contributed by atoms with E-state index in [1.807, 2.05) is 6.92 Å². The topological polar surface area (TPSA) is 84.3 Å². The van der Waals surface area contributed by atoms with Crippen LogP contribution in [0.25, 0.3) is 0 Å². The van der Waals surface area contributed by atoms with Crippen LogP contribution in [0.15, 0.2) is 34.0 Å². The molecule has 7 nitrogen and oxygen atoms in total. The van der Waals surface area contributed by atoms with Gasteiger partial charge < -0.3 is 5.32 Å². The van der Waals surface area contributed by atoms with Crippen molar-refractivity contribution in [3.8, 4) is 0 Å². The molecule has 0 saturated carbocycles. The van der Waals surface area contributed by atoms with Gasteiger partial charge in [0, 0.05) is 19.2 Å². The lowest BCUT2D eigenvalue weighted by atomic mass is 9.99. The van der Waals surface area contributed by atoms with Crippen LogP contribution in [-0.2, 0) is 14.8 Å². The third-order valence-electron chi connectivity index (χ3n) is 4.77. The Hall–Kier alpha value is -1.71. The molecule has 1 saturated heterocycles. The first-order valence-electron chi connectivity index (χ1n) is 8.81. The van der Waals surface area contributed by atoms with Crippen molar-refractivity contribution in [3.63, 3.8) is 0 Å². The number of thiophene rings is 1. The van der Waals surface area contributed by atoms with Crippen LogP contribution in [0.1, 0.15) is 39.2 Å². The maximum Gasteiger partial charge on any atom is 0.252 e. The zero-order valence-corrected chi connectivity index (χ0v) is 16.6. The van der Waals surface area contributed by atoms with Gasteiger partial charge in [0.1, 0.15) is 10.0 Å². The molecule has 2 aromatic rings. The van der Waals surface area contributed by atoms with Crippen LogP contribution >= 0.6 is 11.3 Å². The minimum atomic E-state index is -3.52. The van der Waals surface area contributed by atoms with Crippen molar-refractivity contribution in [2.75, 3.05) is 18.4 Å². The fourth-order valence-corrected chi connectivity index (χ4v) is 5.75. The monoisotopic (exact) mass is 396 g/mol. The van der Waals surface area contributed by atoms with Crippen molar-refractivity contribution >= 4 is 33.1 Å². The molecule has 26 heavy (non-hydrogen) atoms. The lowest BCUT2D eigenvalue weighted by Crippen LogP contribution is -2.43. The van der Waals surface area contributed by atoms with Gasteiger partial charge in [-0.25, -0.2) is 13.1 Å². The summed E-state index contributed by atoms with van der Waals surface area (Å²) in [4.78, 5) is 12.7. The number of rotatable bonds is 6. The van der Waals surface area contributed by atoms with E-state index in [9.17, 15) is 13.2 Å². The molecule has 3 heterocycles. The lowest BCUT2D eigenvalue weighted by molar-refractivity contribution is -0.120. The third kappa shape index (κ3) is 3.84. The van der Waals surface area contributed by atoms with Crippen molar-refractivity contribution in [1.29, 1.82) is 0 Å². The van der Waals surface area contributed by atoms with Gasteiger partial charge in [0.25, 0.3) is 10.0 Å². The van der Waals surface area contributed by atoms with E-state index < -0.39 is 10.0 Å². The Kier molecular flexibility index (Phi) is 5.79. The molecule has 0 aromatic carbocycles. The van der Waals surface area contributed by atoms with Crippen LogP contribution in [0.5, 0.6) is 0 Å². The standard InChI is InChI=1S/C17H24N4O3S2/c1-3-13(2)21-15(8-9-18-21)19-17(22)14-6-4-10-20(12-14)26(23,24)16-7-5-11-25-16/h5,7-9,11,13-14H,3-4,6,10,12H2,1-2H3,(H,19,22). The molecular weight excluding hydrogens is 372 g/mol. The second-order valence-electron chi connectivity index (χ2n) is 6.54. The van der Waals surface area contributed by atoms with E-state index >= 15 is 0 Å². The molecule has 0 radical (unpaired) electrons. The molecule has 0 spiro atoms. The molecule has 3 rings (SSSR count). The maximum absolute atomic E-state index is 12.7. The fourth-order valence-electron chi connectivity index (χ4n) is 3.08. The number of nitrogens with one attached hydrogen (secondary N) is 1. The molecule has 9 heteroatoms. The van der Waals surface area contributed by atoms with Gasteiger partial charge in [0.15, 0.2) is 0 Å². The average molecular weight is 397 g/mol. The summed E-state index contributed by atoms with van der Waals surface area (Å²) in [6, 6.07) is 5.28. The molecular formula is C17H24N4O3S2. The molecule has 2 atom stereocenters. The molecule has 1 aliphatic rings. The molecule has 2 aromatic heterocycles. The second kappa shape index (κ2) is 7.89. The second-order valence-corrected chi connectivity index (χ2v) is 9.65. The number of carbonyl (C=O) groups is 1. The van der Waals surface area contributed by atoms with E-state index in [1.54, 1.807) is 34.5 Å². The minimum absolute atomic E-state index is 0.152. The Morgan fingerprint density at radius 2 is 2.27 bits per heavy atom. The van der Waals surface area contributed by atoms with Crippen LogP contribution in [0.4, 0.5) is 5.82 Å². The Labute approximate surface area is 158 Å². The number of sulfonamides is 1. The summed E-state index contributed by atoms with van der Waals surface area (Å²) in [5.74, 6) is 0.141. The van der Waals surface area contributed by atoms with Crippen molar-refractivity contribution in [3.05, 3.63) is 29.8 Å². The summed E-state index contributed by atoms with van der Waals surface area (Å²) >= 11 is 1.20. The largest absolute Gasteiger partial charge is 0.311 e. The summed E-state index contributed by atoms with van der Waals surface area (Å²) < 4.78 is 29.0. The number of hydrogen-bond donors (Lipinski definition) is 1. The summed E-state index contributed by atoms with van der Waals surface area (Å²) in [6.07, 6.45) is 3.92. The quantitative estimate of drug-likeness (QED) is 0.814. The summed E-state index contributed by atoms with van der Waals surface area (Å²) in [5.41, 5.74) is 0. The fraction of sp³-hybridized carbons (Fsp3) is 0.529. The highest BCUT2D eigenvalue weighted by Crippen LogP contribution is 2.27. The van der Waals surface area contributed by atoms with E-state index in [2.05, 4.69) is 17.3 Å². The molecule has 2 unspecified atom stereocenters. The Balaban J connectivity index is 1.70. The summed E-state index contributed by atoms with van der Waals surface area (Å²) in [5, 5.41) is 8.94. The molecule has 1 N–H and O–H groups in total. The van der Waals surface area contributed by atoms with Gasteiger partial charge in [-0.3, -0.25) is 4.79 Å². The van der Waals surface area contributed by atoms with Gasteiger partial charge in [-0.1, -0.05) is 13.0 Å². The predicted molar refractivity (Wildman–Crippen MR) is 102 cm³/mol. The molecule has 1 aliphatic heterocycles. The normalized spacial score (nSPS) is 20.0. The molecule has 0 bridgehead atoms. The van der Waals surface area contributed by atoms with Gasteiger partial charge in [-0.05, 0) is 37.6 Å². The van der Waals surface area contributed by atoms with Crippen LogP contribution in [0.2, 0.25) is 0 Å². The first kappa shape index (κ1) is 19.1. The number of amides is 1. The van der Waals surface area contributed by atoms with Gasteiger partial charge in [0.05, 0.1) is 18.2 Å². The summed E-state index contributed by atoms with van der Waals surface area (Å²) in [6.45, 7) is 4.77. The molecule has 0 aliphatic carbocycles. The molecule has 1 amide bonds. The van der Waals surface area contributed by atoms with Crippen LogP contribution < -0.4 is 5.32 Å². The van der Waals surface area contributed by atoms with E-state index in [1.165, 1.54) is 15.6 Å². The number of piperidine rings is 1.